The number of rotatable bonds is 5. The van der Waals surface area contributed by atoms with Gasteiger partial charge in [0.25, 0.3) is 0 Å². The van der Waals surface area contributed by atoms with Gasteiger partial charge in [-0.1, -0.05) is 12.5 Å². The molecule has 0 saturated heterocycles. The van der Waals surface area contributed by atoms with Gasteiger partial charge in [-0.25, -0.2) is 4.79 Å². The molecule has 1 aromatic rings. The Morgan fingerprint density at radius 1 is 1.20 bits per heavy atom. The second kappa shape index (κ2) is 6.32. The van der Waals surface area contributed by atoms with E-state index in [1.54, 1.807) is 6.20 Å². The fourth-order valence-corrected chi connectivity index (χ4v) is 4.74. The van der Waals surface area contributed by atoms with Gasteiger partial charge in [0.1, 0.15) is 0 Å². The maximum Gasteiger partial charge on any atom is 0.315 e. The maximum absolute atomic E-state index is 12.4. The zero-order valence-corrected chi connectivity index (χ0v) is 14.4. The quantitative estimate of drug-likeness (QED) is 0.765. The molecule has 0 radical (unpaired) electrons. The molecule has 0 bridgehead atoms. The largest absolute Gasteiger partial charge is 0.369 e. The lowest BCUT2D eigenvalue weighted by molar-refractivity contribution is -0.135. The predicted octanol–water partition coefficient (Wildman–Crippen LogP) is 2.27. The number of carbonyl (C=O) groups is 2. The Bertz CT molecular complexity index is 645. The van der Waals surface area contributed by atoms with Crippen LogP contribution in [0, 0.1) is 17.3 Å². The van der Waals surface area contributed by atoms with Crippen LogP contribution in [0.1, 0.15) is 56.7 Å². The van der Waals surface area contributed by atoms with Crippen LogP contribution < -0.4 is 16.4 Å². The monoisotopic (exact) mass is 342 g/mol. The molecule has 3 amide bonds. The first-order chi connectivity index (χ1) is 12.0. The summed E-state index contributed by atoms with van der Waals surface area (Å²) in [5.41, 5.74) is 6.54. The summed E-state index contributed by atoms with van der Waals surface area (Å²) in [5, 5.41) is 6.23. The van der Waals surface area contributed by atoms with E-state index in [-0.39, 0.29) is 35.4 Å². The van der Waals surface area contributed by atoms with Crippen LogP contribution in [-0.2, 0) is 4.79 Å². The third-order valence-electron chi connectivity index (χ3n) is 6.37. The first kappa shape index (κ1) is 16.4. The van der Waals surface area contributed by atoms with Crippen molar-refractivity contribution in [3.05, 3.63) is 30.1 Å². The van der Waals surface area contributed by atoms with E-state index in [1.807, 2.05) is 18.2 Å². The topological polar surface area (TPSA) is 97.1 Å². The minimum atomic E-state index is -0.182. The first-order valence-corrected chi connectivity index (χ1v) is 9.32. The Hall–Kier alpha value is -2.11. The highest BCUT2D eigenvalue weighted by molar-refractivity contribution is 5.78. The van der Waals surface area contributed by atoms with Gasteiger partial charge in [-0.3, -0.25) is 9.78 Å². The van der Waals surface area contributed by atoms with E-state index in [0.717, 1.165) is 44.2 Å². The molecule has 1 unspecified atom stereocenters. The van der Waals surface area contributed by atoms with Crippen molar-refractivity contribution in [1.29, 1.82) is 0 Å². The molecular formula is C19H26N4O2. The number of primary amides is 1. The van der Waals surface area contributed by atoms with Gasteiger partial charge in [-0.15, -0.1) is 0 Å². The van der Waals surface area contributed by atoms with Crippen molar-refractivity contribution in [3.63, 3.8) is 0 Å². The van der Waals surface area contributed by atoms with E-state index in [2.05, 4.69) is 15.6 Å². The van der Waals surface area contributed by atoms with E-state index < -0.39 is 0 Å². The van der Waals surface area contributed by atoms with Gasteiger partial charge in [0, 0.05) is 18.2 Å². The third kappa shape index (κ3) is 3.22. The average Bonchev–Trinajstić information content (AvgIpc) is 2.46. The minimum Gasteiger partial charge on any atom is -0.369 e. The Kier molecular flexibility index (Phi) is 4.13. The number of nitrogens with zero attached hydrogens (tertiary/aromatic N) is 1. The van der Waals surface area contributed by atoms with E-state index in [4.69, 9.17) is 5.73 Å². The summed E-state index contributed by atoms with van der Waals surface area (Å²) in [4.78, 5) is 28.0. The molecule has 3 aliphatic carbocycles. The van der Waals surface area contributed by atoms with Crippen LogP contribution in [0.2, 0.25) is 0 Å². The summed E-state index contributed by atoms with van der Waals surface area (Å²) in [6.45, 7) is 0. The highest BCUT2D eigenvalue weighted by Gasteiger charge is 2.54. The minimum absolute atomic E-state index is 0.00747. The number of carbonyl (C=O) groups excluding carboxylic acids is 2. The fraction of sp³-hybridized carbons (Fsp3) is 0.632. The van der Waals surface area contributed by atoms with E-state index >= 15 is 0 Å². The number of pyridine rings is 1. The van der Waals surface area contributed by atoms with Crippen LogP contribution in [-0.4, -0.2) is 23.0 Å². The normalized spacial score (nSPS) is 32.0. The molecule has 1 atom stereocenters. The van der Waals surface area contributed by atoms with Crippen LogP contribution in [0.15, 0.2) is 24.4 Å². The maximum atomic E-state index is 12.4. The van der Waals surface area contributed by atoms with E-state index in [9.17, 15) is 9.59 Å². The molecule has 6 heteroatoms. The Morgan fingerprint density at radius 2 is 1.96 bits per heavy atom. The molecular weight excluding hydrogens is 316 g/mol. The van der Waals surface area contributed by atoms with E-state index in [1.165, 1.54) is 6.42 Å². The molecule has 1 spiro atoms. The summed E-state index contributed by atoms with van der Waals surface area (Å²) < 4.78 is 0. The van der Waals surface area contributed by atoms with Crippen molar-refractivity contribution < 1.29 is 9.59 Å². The molecule has 0 aliphatic heterocycles. The standard InChI is InChI=1S/C19H26N4O2/c20-17(24)13-8-19(9-13)10-14(11-19)22-18(25)23-16(12-4-3-5-12)15-6-1-2-7-21-15/h1-2,6-7,12-14,16H,3-5,8-11H2,(H2,20,24)(H2,22,23,25). The summed E-state index contributed by atoms with van der Waals surface area (Å²) >= 11 is 0. The summed E-state index contributed by atoms with van der Waals surface area (Å²) in [5.74, 6) is 0.344. The van der Waals surface area contributed by atoms with E-state index in [0.29, 0.717) is 5.92 Å². The van der Waals surface area contributed by atoms with Gasteiger partial charge in [0.05, 0.1) is 11.7 Å². The fourth-order valence-electron chi connectivity index (χ4n) is 4.74. The molecule has 25 heavy (non-hydrogen) atoms. The second-order valence-electron chi connectivity index (χ2n) is 8.15. The Labute approximate surface area is 148 Å². The lowest BCUT2D eigenvalue weighted by Gasteiger charge is -2.57. The van der Waals surface area contributed by atoms with Crippen LogP contribution in [0.3, 0.4) is 0 Å². The van der Waals surface area contributed by atoms with Gasteiger partial charge in [-0.05, 0) is 62.0 Å². The number of aromatic nitrogens is 1. The van der Waals surface area contributed by atoms with Crippen molar-refractivity contribution in [3.8, 4) is 0 Å². The van der Waals surface area contributed by atoms with Crippen molar-refractivity contribution in [2.75, 3.05) is 0 Å². The number of nitrogens with one attached hydrogen (secondary N) is 2. The van der Waals surface area contributed by atoms with Gasteiger partial charge >= 0.3 is 6.03 Å². The van der Waals surface area contributed by atoms with Gasteiger partial charge in [0.15, 0.2) is 0 Å². The number of hydrogen-bond donors (Lipinski definition) is 3. The lowest BCUT2D eigenvalue weighted by Crippen LogP contribution is -2.59. The Morgan fingerprint density at radius 3 is 2.52 bits per heavy atom. The third-order valence-corrected chi connectivity index (χ3v) is 6.37. The Balaban J connectivity index is 1.28. The predicted molar refractivity (Wildman–Crippen MR) is 93.4 cm³/mol. The van der Waals surface area contributed by atoms with Gasteiger partial charge < -0.3 is 16.4 Å². The highest BCUT2D eigenvalue weighted by atomic mass is 16.2. The lowest BCUT2D eigenvalue weighted by atomic mass is 9.50. The van der Waals surface area contributed by atoms with Crippen LogP contribution in [0.4, 0.5) is 4.79 Å². The average molecular weight is 342 g/mol. The first-order valence-electron chi connectivity index (χ1n) is 9.32. The second-order valence-corrected chi connectivity index (χ2v) is 8.15. The number of amides is 3. The van der Waals surface area contributed by atoms with Crippen molar-refractivity contribution in [1.82, 2.24) is 15.6 Å². The SMILES string of the molecule is NC(=O)C1CC2(CC(NC(=O)NC(c3ccccn3)C3CCC3)C2)C1. The smallest absolute Gasteiger partial charge is 0.315 e. The molecule has 1 heterocycles. The molecule has 4 N–H and O–H groups in total. The molecule has 4 rings (SSSR count). The zero-order chi connectivity index (χ0) is 17.4. The summed E-state index contributed by atoms with van der Waals surface area (Å²) in [7, 11) is 0. The van der Waals surface area contributed by atoms with Gasteiger partial charge in [-0.2, -0.15) is 0 Å². The highest BCUT2D eigenvalue weighted by Crippen LogP contribution is 2.58. The molecule has 0 aromatic carbocycles. The molecule has 6 nitrogen and oxygen atoms in total. The van der Waals surface area contributed by atoms with Crippen LogP contribution in [0.25, 0.3) is 0 Å². The van der Waals surface area contributed by atoms with Crippen LogP contribution in [0.5, 0.6) is 0 Å². The molecule has 3 saturated carbocycles. The molecule has 3 fully saturated rings. The summed E-state index contributed by atoms with van der Waals surface area (Å²) in [6, 6.07) is 5.95. The summed E-state index contributed by atoms with van der Waals surface area (Å²) in [6.07, 6.45) is 8.99. The number of nitrogens with two attached hydrogens (primary N) is 1. The van der Waals surface area contributed by atoms with Crippen LogP contribution >= 0.6 is 0 Å². The van der Waals surface area contributed by atoms with Crippen molar-refractivity contribution in [2.45, 2.75) is 57.0 Å². The molecule has 134 valence electrons. The van der Waals surface area contributed by atoms with Gasteiger partial charge in [0.2, 0.25) is 5.91 Å². The number of urea groups is 1. The molecule has 1 aromatic heterocycles. The van der Waals surface area contributed by atoms with Crippen molar-refractivity contribution >= 4 is 11.9 Å². The van der Waals surface area contributed by atoms with Crippen molar-refractivity contribution in [2.24, 2.45) is 23.0 Å². The zero-order valence-electron chi connectivity index (χ0n) is 14.4. The molecule has 3 aliphatic rings. The number of hydrogen-bond acceptors (Lipinski definition) is 3.